The van der Waals surface area contributed by atoms with E-state index in [1.165, 1.54) is 0 Å². The normalized spacial score (nSPS) is 12.7. The van der Waals surface area contributed by atoms with Crippen molar-refractivity contribution in [1.82, 2.24) is 9.46 Å². The molecule has 1 aromatic heterocycles. The maximum atomic E-state index is 12.5. The monoisotopic (exact) mass is 327 g/mol. The summed E-state index contributed by atoms with van der Waals surface area (Å²) < 4.78 is 6.85. The number of hydrogen-bond acceptors (Lipinski definition) is 5. The number of anilines is 1. The Balaban J connectivity index is 2.64. The zero-order chi connectivity index (χ0) is 17.0. The molecule has 0 aliphatic carbocycles. The number of carbonyl (C=O) groups excluding carboxylic acids is 1. The molecule has 1 rings (SSSR count). The molecule has 5 nitrogen and oxygen atoms in total. The van der Waals surface area contributed by atoms with E-state index < -0.39 is 4.75 Å². The van der Waals surface area contributed by atoms with Gasteiger partial charge in [0.1, 0.15) is 10.5 Å². The summed E-state index contributed by atoms with van der Waals surface area (Å²) in [7, 11) is 2.02. The quantitative estimate of drug-likeness (QED) is 0.765. The largest absolute Gasteiger partial charge is 0.359 e. The van der Waals surface area contributed by atoms with E-state index in [2.05, 4.69) is 21.7 Å². The van der Waals surface area contributed by atoms with Crippen LogP contribution in [0.4, 0.5) is 5.82 Å². The number of hydrogen-bond donors (Lipinski definition) is 1. The van der Waals surface area contributed by atoms with Crippen molar-refractivity contribution in [2.75, 3.05) is 18.9 Å². The summed E-state index contributed by atoms with van der Waals surface area (Å²) in [5.74, 6) is 1.16. The topological polar surface area (TPSA) is 58.4 Å². The molecule has 0 bridgehead atoms. The number of unbranched alkanes of at least 4 members (excludes halogenated alkanes) is 1. The van der Waals surface area contributed by atoms with Crippen LogP contribution in [-0.2, 0) is 10.2 Å². The van der Waals surface area contributed by atoms with Gasteiger partial charge >= 0.3 is 0 Å². The van der Waals surface area contributed by atoms with Crippen molar-refractivity contribution in [3.8, 4) is 0 Å². The minimum atomic E-state index is -0.566. The molecule has 22 heavy (non-hydrogen) atoms. The van der Waals surface area contributed by atoms with Crippen LogP contribution in [0.25, 0.3) is 0 Å². The zero-order valence-corrected chi connectivity index (χ0v) is 15.6. The first-order chi connectivity index (χ1) is 10.1. The van der Waals surface area contributed by atoms with E-state index in [4.69, 9.17) is 4.52 Å². The molecule has 0 saturated carbocycles. The average Bonchev–Trinajstić information content (AvgIpc) is 2.84. The lowest BCUT2D eigenvalue weighted by Gasteiger charge is -2.27. The summed E-state index contributed by atoms with van der Waals surface area (Å²) in [6.07, 6.45) is 2.27. The van der Waals surface area contributed by atoms with Crippen LogP contribution in [0.3, 0.4) is 0 Å². The highest BCUT2D eigenvalue weighted by Gasteiger charge is 2.31. The molecule has 0 fully saturated rings. The van der Waals surface area contributed by atoms with Crippen molar-refractivity contribution >= 4 is 23.7 Å². The van der Waals surface area contributed by atoms with Crippen LogP contribution in [0.1, 0.15) is 60.1 Å². The zero-order valence-electron chi connectivity index (χ0n) is 14.8. The molecule has 1 aromatic rings. The molecule has 0 aliphatic rings. The molecule has 0 atom stereocenters. The second-order valence-corrected chi connectivity index (χ2v) is 8.91. The Morgan fingerprint density at radius 2 is 2.00 bits per heavy atom. The fourth-order valence-electron chi connectivity index (χ4n) is 1.81. The van der Waals surface area contributed by atoms with Crippen LogP contribution >= 0.6 is 11.9 Å². The van der Waals surface area contributed by atoms with Gasteiger partial charge in [0.25, 0.3) is 0 Å². The number of carbonyl (C=O) groups is 1. The van der Waals surface area contributed by atoms with Crippen molar-refractivity contribution in [2.45, 2.75) is 64.5 Å². The van der Waals surface area contributed by atoms with Gasteiger partial charge in [-0.15, -0.1) is 0 Å². The van der Waals surface area contributed by atoms with Crippen molar-refractivity contribution in [2.24, 2.45) is 0 Å². The van der Waals surface area contributed by atoms with Crippen LogP contribution in [-0.4, -0.2) is 33.7 Å². The van der Waals surface area contributed by atoms with Gasteiger partial charge in [-0.3, -0.25) is 9.10 Å². The van der Waals surface area contributed by atoms with E-state index in [1.54, 1.807) is 18.0 Å². The maximum Gasteiger partial charge on any atom is 0.242 e. The van der Waals surface area contributed by atoms with Crippen molar-refractivity contribution in [3.05, 3.63) is 11.8 Å². The second-order valence-electron chi connectivity index (χ2n) is 7.09. The van der Waals surface area contributed by atoms with Gasteiger partial charge in [-0.05, 0) is 27.3 Å². The first-order valence-electron chi connectivity index (χ1n) is 7.75. The first-order valence-corrected chi connectivity index (χ1v) is 8.52. The molecule has 0 aromatic carbocycles. The highest BCUT2D eigenvalue weighted by atomic mass is 32.2. The van der Waals surface area contributed by atoms with Gasteiger partial charge in [-0.2, -0.15) is 0 Å². The SMILES string of the molecule is CCCCN(C)SC(C)(C)C(=O)Nc1cc(C(C)(C)C)on1. The Morgan fingerprint density at radius 3 is 2.50 bits per heavy atom. The number of amides is 1. The Hall–Kier alpha value is -1.01. The molecule has 126 valence electrons. The van der Waals surface area contributed by atoms with Crippen LogP contribution in [0.15, 0.2) is 10.6 Å². The van der Waals surface area contributed by atoms with E-state index in [-0.39, 0.29) is 11.3 Å². The Morgan fingerprint density at radius 1 is 1.36 bits per heavy atom. The summed E-state index contributed by atoms with van der Waals surface area (Å²) in [4.78, 5) is 12.5. The fraction of sp³-hybridized carbons (Fsp3) is 0.750. The smallest absolute Gasteiger partial charge is 0.242 e. The van der Waals surface area contributed by atoms with Crippen molar-refractivity contribution < 1.29 is 9.32 Å². The number of nitrogens with zero attached hydrogens (tertiary/aromatic N) is 2. The van der Waals surface area contributed by atoms with Gasteiger partial charge < -0.3 is 9.84 Å². The molecule has 0 saturated heterocycles. The first kappa shape index (κ1) is 19.0. The van der Waals surface area contributed by atoms with E-state index in [0.29, 0.717) is 5.82 Å². The number of nitrogens with one attached hydrogen (secondary N) is 1. The van der Waals surface area contributed by atoms with Gasteiger partial charge in [-0.25, -0.2) is 0 Å². The predicted octanol–water partition coefficient (Wildman–Crippen LogP) is 4.07. The van der Waals surface area contributed by atoms with Gasteiger partial charge in [0.2, 0.25) is 5.91 Å². The third-order valence-electron chi connectivity index (χ3n) is 3.25. The molecule has 1 N–H and O–H groups in total. The predicted molar refractivity (Wildman–Crippen MR) is 93.0 cm³/mol. The van der Waals surface area contributed by atoms with Crippen molar-refractivity contribution in [3.63, 3.8) is 0 Å². The molecule has 0 aliphatic heterocycles. The van der Waals surface area contributed by atoms with E-state index >= 15 is 0 Å². The van der Waals surface area contributed by atoms with E-state index in [0.717, 1.165) is 25.1 Å². The Bertz CT molecular complexity index is 492. The number of aromatic nitrogens is 1. The summed E-state index contributed by atoms with van der Waals surface area (Å²) in [5.41, 5.74) is -0.124. The third kappa shape index (κ3) is 5.65. The molecular weight excluding hydrogens is 298 g/mol. The van der Waals surface area contributed by atoms with Gasteiger partial charge in [0.15, 0.2) is 5.82 Å². The Kier molecular flexibility index (Phi) is 6.50. The van der Waals surface area contributed by atoms with Crippen LogP contribution in [0, 0.1) is 0 Å². The van der Waals surface area contributed by atoms with Gasteiger partial charge in [-0.1, -0.05) is 51.2 Å². The summed E-state index contributed by atoms with van der Waals surface area (Å²) in [5, 5.41) is 6.78. The summed E-state index contributed by atoms with van der Waals surface area (Å²) >= 11 is 1.54. The lowest BCUT2D eigenvalue weighted by molar-refractivity contribution is -0.117. The molecule has 0 unspecified atom stereocenters. The minimum Gasteiger partial charge on any atom is -0.359 e. The third-order valence-corrected chi connectivity index (χ3v) is 4.38. The lowest BCUT2D eigenvalue weighted by atomic mass is 9.93. The lowest BCUT2D eigenvalue weighted by Crippen LogP contribution is -2.37. The fourth-order valence-corrected chi connectivity index (χ4v) is 2.95. The molecule has 1 amide bonds. The molecule has 6 heteroatoms. The molecule has 0 radical (unpaired) electrons. The minimum absolute atomic E-state index is 0.0744. The molecule has 1 heterocycles. The Labute approximate surface area is 138 Å². The maximum absolute atomic E-state index is 12.5. The molecular formula is C16H29N3O2S. The highest BCUT2D eigenvalue weighted by Crippen LogP contribution is 2.30. The highest BCUT2D eigenvalue weighted by molar-refractivity contribution is 7.99. The summed E-state index contributed by atoms with van der Waals surface area (Å²) in [6, 6.07) is 1.79. The van der Waals surface area contributed by atoms with Crippen molar-refractivity contribution in [1.29, 1.82) is 0 Å². The summed E-state index contributed by atoms with van der Waals surface area (Å²) in [6.45, 7) is 13.1. The van der Waals surface area contributed by atoms with E-state index in [9.17, 15) is 4.79 Å². The van der Waals surface area contributed by atoms with Gasteiger partial charge in [0, 0.05) is 18.0 Å². The average molecular weight is 327 g/mol. The second kappa shape index (κ2) is 7.51. The van der Waals surface area contributed by atoms with Gasteiger partial charge in [0.05, 0.1) is 0 Å². The van der Waals surface area contributed by atoms with Crippen LogP contribution in [0.2, 0.25) is 0 Å². The van der Waals surface area contributed by atoms with Crippen LogP contribution < -0.4 is 5.32 Å². The standard InChI is InChI=1S/C16H29N3O2S/c1-8-9-10-19(7)22-16(5,6)14(20)17-13-11-12(21-18-13)15(2,3)4/h11H,8-10H2,1-7H3,(H,17,18,20). The molecule has 0 spiro atoms. The van der Waals surface area contributed by atoms with E-state index in [1.807, 2.05) is 41.7 Å². The number of rotatable bonds is 7. The van der Waals surface area contributed by atoms with Crippen LogP contribution in [0.5, 0.6) is 0 Å².